The van der Waals surface area contributed by atoms with E-state index in [0.29, 0.717) is 12.3 Å². The molecule has 1 amide bonds. The first kappa shape index (κ1) is 15.5. The van der Waals surface area contributed by atoms with Crippen LogP contribution in [0.15, 0.2) is 24.3 Å². The molecule has 0 aliphatic rings. The summed E-state index contributed by atoms with van der Waals surface area (Å²) in [6, 6.07) is 7.55. The van der Waals surface area contributed by atoms with E-state index in [2.05, 4.69) is 13.8 Å². The SMILES string of the molecule is CCC(CC)CN(CC)C(=O)Cc1ccc(N)cc1. The Hall–Kier alpha value is -1.51. The number of carbonyl (C=O) groups is 1. The van der Waals surface area contributed by atoms with Gasteiger partial charge in [0.2, 0.25) is 5.91 Å². The van der Waals surface area contributed by atoms with Gasteiger partial charge in [0.25, 0.3) is 0 Å². The van der Waals surface area contributed by atoms with Crippen LogP contribution < -0.4 is 5.73 Å². The molecule has 0 aromatic heterocycles. The van der Waals surface area contributed by atoms with Crippen LogP contribution in [0.25, 0.3) is 0 Å². The van der Waals surface area contributed by atoms with E-state index in [4.69, 9.17) is 5.73 Å². The molecule has 0 bridgehead atoms. The topological polar surface area (TPSA) is 46.3 Å². The van der Waals surface area contributed by atoms with E-state index in [1.165, 1.54) is 0 Å². The molecular formula is C16H26N2O. The van der Waals surface area contributed by atoms with Gasteiger partial charge in [-0.2, -0.15) is 0 Å². The zero-order chi connectivity index (χ0) is 14.3. The summed E-state index contributed by atoms with van der Waals surface area (Å²) in [5.41, 5.74) is 7.42. The largest absolute Gasteiger partial charge is 0.399 e. The normalized spacial score (nSPS) is 10.7. The number of anilines is 1. The fourth-order valence-corrected chi connectivity index (χ4v) is 2.19. The molecule has 0 radical (unpaired) electrons. The number of amides is 1. The standard InChI is InChI=1S/C16H26N2O/c1-4-13(5-2)12-18(6-3)16(19)11-14-7-9-15(17)10-8-14/h7-10,13H,4-6,11-12,17H2,1-3H3. The highest BCUT2D eigenvalue weighted by atomic mass is 16.2. The van der Waals surface area contributed by atoms with Gasteiger partial charge in [-0.15, -0.1) is 0 Å². The molecule has 0 saturated heterocycles. The van der Waals surface area contributed by atoms with Gasteiger partial charge in [0.1, 0.15) is 0 Å². The smallest absolute Gasteiger partial charge is 0.226 e. The van der Waals surface area contributed by atoms with Crippen molar-refractivity contribution in [2.24, 2.45) is 5.92 Å². The minimum atomic E-state index is 0.208. The maximum absolute atomic E-state index is 12.3. The van der Waals surface area contributed by atoms with Gasteiger partial charge < -0.3 is 10.6 Å². The number of nitrogen functional groups attached to an aromatic ring is 1. The molecule has 106 valence electrons. The molecule has 1 aromatic rings. The first-order chi connectivity index (χ1) is 9.10. The number of rotatable bonds is 7. The van der Waals surface area contributed by atoms with Crippen molar-refractivity contribution >= 4 is 11.6 Å². The Bertz CT molecular complexity index is 382. The van der Waals surface area contributed by atoms with Crippen molar-refractivity contribution < 1.29 is 4.79 Å². The average molecular weight is 262 g/mol. The maximum atomic E-state index is 12.3. The van der Waals surface area contributed by atoms with Crippen LogP contribution in [-0.2, 0) is 11.2 Å². The van der Waals surface area contributed by atoms with Crippen LogP contribution in [0.4, 0.5) is 5.69 Å². The molecule has 19 heavy (non-hydrogen) atoms. The first-order valence-corrected chi connectivity index (χ1v) is 7.22. The fourth-order valence-electron chi connectivity index (χ4n) is 2.19. The lowest BCUT2D eigenvalue weighted by atomic mass is 10.0. The molecule has 0 aliphatic carbocycles. The predicted octanol–water partition coefficient (Wildman–Crippen LogP) is 3.10. The van der Waals surface area contributed by atoms with E-state index < -0.39 is 0 Å². The van der Waals surface area contributed by atoms with Crippen molar-refractivity contribution in [3.63, 3.8) is 0 Å². The molecule has 0 fully saturated rings. The van der Waals surface area contributed by atoms with Gasteiger partial charge in [0, 0.05) is 18.8 Å². The monoisotopic (exact) mass is 262 g/mol. The third-order valence-corrected chi connectivity index (χ3v) is 3.70. The number of nitrogens with two attached hydrogens (primary N) is 1. The minimum absolute atomic E-state index is 0.208. The molecule has 3 heteroatoms. The zero-order valence-electron chi connectivity index (χ0n) is 12.4. The van der Waals surface area contributed by atoms with Gasteiger partial charge >= 0.3 is 0 Å². The second kappa shape index (κ2) is 7.82. The summed E-state index contributed by atoms with van der Waals surface area (Å²) in [5.74, 6) is 0.814. The molecule has 0 atom stereocenters. The van der Waals surface area contributed by atoms with Gasteiger partial charge in [0.15, 0.2) is 0 Å². The van der Waals surface area contributed by atoms with Crippen LogP contribution in [-0.4, -0.2) is 23.9 Å². The number of nitrogens with zero attached hydrogens (tertiary/aromatic N) is 1. The van der Waals surface area contributed by atoms with Crippen molar-refractivity contribution in [2.75, 3.05) is 18.8 Å². The Morgan fingerprint density at radius 2 is 1.74 bits per heavy atom. The second-order valence-electron chi connectivity index (χ2n) is 5.03. The zero-order valence-corrected chi connectivity index (χ0v) is 12.4. The number of hydrogen-bond acceptors (Lipinski definition) is 2. The summed E-state index contributed by atoms with van der Waals surface area (Å²) < 4.78 is 0. The Balaban J connectivity index is 2.60. The summed E-state index contributed by atoms with van der Waals surface area (Å²) in [7, 11) is 0. The van der Waals surface area contributed by atoms with Gasteiger partial charge in [-0.3, -0.25) is 4.79 Å². The highest BCUT2D eigenvalue weighted by Gasteiger charge is 2.15. The highest BCUT2D eigenvalue weighted by molar-refractivity contribution is 5.78. The van der Waals surface area contributed by atoms with Crippen LogP contribution in [0.3, 0.4) is 0 Å². The van der Waals surface area contributed by atoms with Crippen molar-refractivity contribution in [3.05, 3.63) is 29.8 Å². The van der Waals surface area contributed by atoms with Gasteiger partial charge in [-0.05, 0) is 30.5 Å². The van der Waals surface area contributed by atoms with E-state index in [1.54, 1.807) is 0 Å². The molecule has 3 nitrogen and oxygen atoms in total. The van der Waals surface area contributed by atoms with Crippen LogP contribution in [0, 0.1) is 5.92 Å². The Labute approximate surface area is 116 Å². The van der Waals surface area contributed by atoms with Crippen molar-refractivity contribution in [1.82, 2.24) is 4.90 Å². The third kappa shape index (κ3) is 4.93. The summed E-state index contributed by atoms with van der Waals surface area (Å²) in [6.07, 6.45) is 2.72. The molecule has 0 spiro atoms. The van der Waals surface area contributed by atoms with Crippen LogP contribution in [0.1, 0.15) is 39.2 Å². The molecule has 0 unspecified atom stereocenters. The number of likely N-dealkylation sites (N-methyl/N-ethyl adjacent to an activating group) is 1. The molecule has 1 aromatic carbocycles. The van der Waals surface area contributed by atoms with E-state index in [-0.39, 0.29) is 5.91 Å². The Kier molecular flexibility index (Phi) is 6.40. The predicted molar refractivity (Wildman–Crippen MR) is 80.9 cm³/mol. The second-order valence-corrected chi connectivity index (χ2v) is 5.03. The average Bonchev–Trinajstić information content (AvgIpc) is 2.42. The van der Waals surface area contributed by atoms with Crippen LogP contribution in [0.5, 0.6) is 0 Å². The van der Waals surface area contributed by atoms with E-state index in [1.807, 2.05) is 36.1 Å². The third-order valence-electron chi connectivity index (χ3n) is 3.70. The lowest BCUT2D eigenvalue weighted by Gasteiger charge is -2.25. The van der Waals surface area contributed by atoms with Gasteiger partial charge in [-0.1, -0.05) is 38.8 Å². The van der Waals surface area contributed by atoms with E-state index in [0.717, 1.165) is 37.2 Å². The minimum Gasteiger partial charge on any atom is -0.399 e. The molecular weight excluding hydrogens is 236 g/mol. The number of benzene rings is 1. The Morgan fingerprint density at radius 3 is 2.21 bits per heavy atom. The van der Waals surface area contributed by atoms with E-state index in [9.17, 15) is 4.79 Å². The molecule has 0 saturated carbocycles. The van der Waals surface area contributed by atoms with Gasteiger partial charge in [-0.25, -0.2) is 0 Å². The summed E-state index contributed by atoms with van der Waals surface area (Å²) in [6.45, 7) is 8.07. The van der Waals surface area contributed by atoms with Crippen molar-refractivity contribution in [3.8, 4) is 0 Å². The van der Waals surface area contributed by atoms with Crippen molar-refractivity contribution in [1.29, 1.82) is 0 Å². The Morgan fingerprint density at radius 1 is 1.16 bits per heavy atom. The van der Waals surface area contributed by atoms with Crippen LogP contribution >= 0.6 is 0 Å². The van der Waals surface area contributed by atoms with Crippen LogP contribution in [0.2, 0.25) is 0 Å². The number of carbonyl (C=O) groups excluding carboxylic acids is 1. The lowest BCUT2D eigenvalue weighted by Crippen LogP contribution is -2.36. The molecule has 1 rings (SSSR count). The molecule has 2 N–H and O–H groups in total. The fraction of sp³-hybridized carbons (Fsp3) is 0.562. The lowest BCUT2D eigenvalue weighted by molar-refractivity contribution is -0.130. The first-order valence-electron chi connectivity index (χ1n) is 7.22. The summed E-state index contributed by atoms with van der Waals surface area (Å²) in [5, 5.41) is 0. The quantitative estimate of drug-likeness (QED) is 0.767. The summed E-state index contributed by atoms with van der Waals surface area (Å²) >= 11 is 0. The highest BCUT2D eigenvalue weighted by Crippen LogP contribution is 2.12. The van der Waals surface area contributed by atoms with Crippen molar-refractivity contribution in [2.45, 2.75) is 40.0 Å². The molecule has 0 heterocycles. The summed E-state index contributed by atoms with van der Waals surface area (Å²) in [4.78, 5) is 14.3. The molecule has 0 aliphatic heterocycles. The van der Waals surface area contributed by atoms with E-state index >= 15 is 0 Å². The maximum Gasteiger partial charge on any atom is 0.226 e. The van der Waals surface area contributed by atoms with Gasteiger partial charge in [0.05, 0.1) is 6.42 Å². The number of hydrogen-bond donors (Lipinski definition) is 1.